The van der Waals surface area contributed by atoms with E-state index >= 15 is 0 Å². The van der Waals surface area contributed by atoms with Crippen molar-refractivity contribution in [1.82, 2.24) is 20.8 Å². The van der Waals surface area contributed by atoms with Gasteiger partial charge in [0.25, 0.3) is 0 Å². The maximum Gasteiger partial charge on any atom is 0.226 e. The smallest absolute Gasteiger partial charge is 0.226 e. The van der Waals surface area contributed by atoms with Crippen molar-refractivity contribution in [2.75, 3.05) is 20.1 Å². The Hall–Kier alpha value is -1.64. The summed E-state index contributed by atoms with van der Waals surface area (Å²) in [5.74, 6) is 2.20. The van der Waals surface area contributed by atoms with Crippen molar-refractivity contribution in [3.63, 3.8) is 0 Å². The molecule has 0 saturated carbocycles. The Labute approximate surface area is 179 Å². The van der Waals surface area contributed by atoms with Crippen LogP contribution in [0.1, 0.15) is 50.4 Å². The minimum atomic E-state index is 0. The molecule has 0 amide bonds. The second-order valence-electron chi connectivity index (χ2n) is 6.54. The standard InChI is InChI=1S/C20H31N5O.HI/c1-5-20(6-2,17-11-8-7-9-12-17)15-23-19(21-4)22-14-10-13-18-24-16(3)25-26-18;/h7-9,11-12H,5-6,10,13-15H2,1-4H3,(H2,21,22,23);1H. The molecule has 0 fully saturated rings. The van der Waals surface area contributed by atoms with Crippen LogP contribution in [-0.2, 0) is 11.8 Å². The number of aliphatic imine (C=N–C) groups is 1. The van der Waals surface area contributed by atoms with Crippen molar-refractivity contribution in [3.05, 3.63) is 47.6 Å². The number of benzene rings is 1. The van der Waals surface area contributed by atoms with E-state index in [-0.39, 0.29) is 29.4 Å². The molecule has 0 aliphatic carbocycles. The molecule has 27 heavy (non-hydrogen) atoms. The summed E-state index contributed by atoms with van der Waals surface area (Å²) in [5.41, 5.74) is 1.49. The maximum atomic E-state index is 5.13. The minimum absolute atomic E-state index is 0. The van der Waals surface area contributed by atoms with E-state index in [1.165, 1.54) is 5.56 Å². The summed E-state index contributed by atoms with van der Waals surface area (Å²) >= 11 is 0. The third-order valence-corrected chi connectivity index (χ3v) is 4.99. The molecular formula is C20H32IN5O. The Morgan fingerprint density at radius 1 is 1.15 bits per heavy atom. The lowest BCUT2D eigenvalue weighted by atomic mass is 9.76. The minimum Gasteiger partial charge on any atom is -0.356 e. The summed E-state index contributed by atoms with van der Waals surface area (Å²) in [6.07, 6.45) is 3.83. The third kappa shape index (κ3) is 6.79. The molecule has 0 atom stereocenters. The highest BCUT2D eigenvalue weighted by Crippen LogP contribution is 2.30. The van der Waals surface area contributed by atoms with Crippen LogP contribution >= 0.6 is 24.0 Å². The number of aryl methyl sites for hydroxylation is 2. The third-order valence-electron chi connectivity index (χ3n) is 4.99. The van der Waals surface area contributed by atoms with Gasteiger partial charge in [-0.05, 0) is 31.7 Å². The first-order valence-electron chi connectivity index (χ1n) is 9.42. The Bertz CT molecular complexity index is 683. The molecule has 0 bridgehead atoms. The van der Waals surface area contributed by atoms with Crippen LogP contribution in [0.2, 0.25) is 0 Å². The summed E-state index contributed by atoms with van der Waals surface area (Å²) in [6.45, 7) is 7.99. The summed E-state index contributed by atoms with van der Waals surface area (Å²) in [6, 6.07) is 10.7. The first kappa shape index (κ1) is 23.4. The topological polar surface area (TPSA) is 75.3 Å². The SMILES string of the molecule is CCC(CC)(CNC(=NC)NCCCc1nc(C)no1)c1ccccc1.I. The van der Waals surface area contributed by atoms with Crippen molar-refractivity contribution in [1.29, 1.82) is 0 Å². The zero-order chi connectivity index (χ0) is 18.8. The molecule has 1 aromatic carbocycles. The molecule has 0 saturated heterocycles. The van der Waals surface area contributed by atoms with Crippen molar-refractivity contribution in [3.8, 4) is 0 Å². The summed E-state index contributed by atoms with van der Waals surface area (Å²) in [5, 5.41) is 10.7. The van der Waals surface area contributed by atoms with Crippen molar-refractivity contribution in [2.24, 2.45) is 4.99 Å². The van der Waals surface area contributed by atoms with Crippen LogP contribution in [0.4, 0.5) is 0 Å². The molecule has 0 unspecified atom stereocenters. The van der Waals surface area contributed by atoms with Gasteiger partial charge in [-0.2, -0.15) is 4.98 Å². The van der Waals surface area contributed by atoms with E-state index < -0.39 is 0 Å². The van der Waals surface area contributed by atoms with E-state index in [2.05, 4.69) is 69.9 Å². The fraction of sp³-hybridized carbons (Fsp3) is 0.550. The average molecular weight is 485 g/mol. The fourth-order valence-electron chi connectivity index (χ4n) is 3.16. The number of guanidine groups is 1. The van der Waals surface area contributed by atoms with Crippen molar-refractivity contribution in [2.45, 2.75) is 51.9 Å². The first-order valence-corrected chi connectivity index (χ1v) is 9.42. The van der Waals surface area contributed by atoms with Crippen LogP contribution in [0, 0.1) is 6.92 Å². The van der Waals surface area contributed by atoms with E-state index in [1.54, 1.807) is 7.05 Å². The van der Waals surface area contributed by atoms with Crippen molar-refractivity contribution < 1.29 is 4.52 Å². The quantitative estimate of drug-likeness (QED) is 0.244. The molecule has 1 aromatic heterocycles. The number of nitrogens with zero attached hydrogens (tertiary/aromatic N) is 3. The van der Waals surface area contributed by atoms with Gasteiger partial charge >= 0.3 is 0 Å². The fourth-order valence-corrected chi connectivity index (χ4v) is 3.16. The number of hydrogen-bond acceptors (Lipinski definition) is 4. The predicted octanol–water partition coefficient (Wildman–Crippen LogP) is 3.85. The first-order chi connectivity index (χ1) is 12.6. The van der Waals surface area contributed by atoms with Gasteiger partial charge < -0.3 is 15.2 Å². The second kappa shape index (κ2) is 11.9. The molecule has 2 rings (SSSR count). The lowest BCUT2D eigenvalue weighted by molar-refractivity contribution is 0.371. The largest absolute Gasteiger partial charge is 0.356 e. The molecule has 7 heteroatoms. The molecule has 150 valence electrons. The Balaban J connectivity index is 0.00000364. The van der Waals surface area contributed by atoms with Gasteiger partial charge in [0.2, 0.25) is 5.89 Å². The van der Waals surface area contributed by atoms with Crippen LogP contribution in [0.3, 0.4) is 0 Å². The number of nitrogens with one attached hydrogen (secondary N) is 2. The van der Waals surface area contributed by atoms with E-state index in [0.29, 0.717) is 11.7 Å². The van der Waals surface area contributed by atoms with Crippen LogP contribution in [0.15, 0.2) is 39.8 Å². The van der Waals surface area contributed by atoms with Crippen LogP contribution in [-0.4, -0.2) is 36.2 Å². The Kier molecular flexibility index (Phi) is 10.4. The van der Waals surface area contributed by atoms with Gasteiger partial charge in [-0.15, -0.1) is 24.0 Å². The number of halogens is 1. The summed E-state index contributed by atoms with van der Waals surface area (Å²) in [7, 11) is 1.80. The highest BCUT2D eigenvalue weighted by molar-refractivity contribution is 14.0. The van der Waals surface area contributed by atoms with Gasteiger partial charge in [0.15, 0.2) is 11.8 Å². The molecule has 0 aliphatic heterocycles. The van der Waals surface area contributed by atoms with E-state index in [4.69, 9.17) is 4.52 Å². The monoisotopic (exact) mass is 485 g/mol. The molecule has 0 spiro atoms. The average Bonchev–Trinajstić information content (AvgIpc) is 3.10. The van der Waals surface area contributed by atoms with Crippen LogP contribution in [0.5, 0.6) is 0 Å². The van der Waals surface area contributed by atoms with Gasteiger partial charge in [0.1, 0.15) is 0 Å². The van der Waals surface area contributed by atoms with Gasteiger partial charge in [0.05, 0.1) is 0 Å². The van der Waals surface area contributed by atoms with Gasteiger partial charge in [-0.3, -0.25) is 4.99 Å². The maximum absolute atomic E-state index is 5.13. The Morgan fingerprint density at radius 2 is 1.85 bits per heavy atom. The van der Waals surface area contributed by atoms with E-state index in [9.17, 15) is 0 Å². The number of hydrogen-bond donors (Lipinski definition) is 2. The highest BCUT2D eigenvalue weighted by Gasteiger charge is 2.28. The predicted molar refractivity (Wildman–Crippen MR) is 121 cm³/mol. The Morgan fingerprint density at radius 3 is 2.41 bits per heavy atom. The van der Waals surface area contributed by atoms with Crippen LogP contribution in [0.25, 0.3) is 0 Å². The lowest BCUT2D eigenvalue weighted by Gasteiger charge is -2.33. The molecule has 0 aliphatic rings. The molecular weight excluding hydrogens is 453 g/mol. The molecule has 0 radical (unpaired) electrons. The summed E-state index contributed by atoms with van der Waals surface area (Å²) < 4.78 is 5.13. The molecule has 2 aromatic rings. The summed E-state index contributed by atoms with van der Waals surface area (Å²) in [4.78, 5) is 8.57. The number of rotatable bonds is 9. The molecule has 1 heterocycles. The number of aromatic nitrogens is 2. The van der Waals surface area contributed by atoms with Gasteiger partial charge in [-0.25, -0.2) is 0 Å². The lowest BCUT2D eigenvalue weighted by Crippen LogP contribution is -2.45. The van der Waals surface area contributed by atoms with Gasteiger partial charge in [0, 0.05) is 32.0 Å². The van der Waals surface area contributed by atoms with E-state index in [0.717, 1.165) is 44.7 Å². The normalized spacial score (nSPS) is 11.8. The zero-order valence-electron chi connectivity index (χ0n) is 16.8. The molecule has 6 nitrogen and oxygen atoms in total. The second-order valence-corrected chi connectivity index (χ2v) is 6.54. The zero-order valence-corrected chi connectivity index (χ0v) is 19.1. The molecule has 2 N–H and O–H groups in total. The highest BCUT2D eigenvalue weighted by atomic mass is 127. The van der Waals surface area contributed by atoms with Gasteiger partial charge in [-0.1, -0.05) is 49.3 Å². The van der Waals surface area contributed by atoms with Crippen LogP contribution < -0.4 is 10.6 Å². The van der Waals surface area contributed by atoms with Crippen molar-refractivity contribution >= 4 is 29.9 Å². The van der Waals surface area contributed by atoms with E-state index in [1.807, 2.05) is 6.92 Å².